The molecule has 2 rings (SSSR count). The molecule has 0 spiro atoms. The van der Waals surface area contributed by atoms with Crippen molar-refractivity contribution in [2.24, 2.45) is 4.99 Å². The van der Waals surface area contributed by atoms with Crippen LogP contribution in [0.1, 0.15) is 24.3 Å². The second kappa shape index (κ2) is 6.38. The number of aromatic nitrogens is 1. The number of amidine groups is 1. The van der Waals surface area contributed by atoms with Crippen LogP contribution in [-0.2, 0) is 9.59 Å². The molecule has 1 aliphatic heterocycles. The molecule has 106 valence electrons. The number of carboxylic acids is 1. The molecule has 2 heterocycles. The molecule has 1 aromatic heterocycles. The van der Waals surface area contributed by atoms with Crippen LogP contribution in [0.3, 0.4) is 0 Å². The minimum absolute atomic E-state index is 0.0383. The third-order valence-electron chi connectivity index (χ3n) is 2.56. The van der Waals surface area contributed by atoms with Gasteiger partial charge in [0.25, 0.3) is 0 Å². The molecule has 0 unspecified atom stereocenters. The van der Waals surface area contributed by atoms with E-state index in [0.29, 0.717) is 5.17 Å². The van der Waals surface area contributed by atoms with Gasteiger partial charge < -0.3 is 5.11 Å². The molecular weight excluding hydrogens is 280 g/mol. The number of hydrogen-bond donors (Lipinski definition) is 2. The number of amides is 1. The summed E-state index contributed by atoms with van der Waals surface area (Å²) in [6, 6.07) is 3.68. The first-order valence-electron chi connectivity index (χ1n) is 5.97. The average molecular weight is 294 g/mol. The van der Waals surface area contributed by atoms with Gasteiger partial charge in [-0.15, -0.1) is 0 Å². The van der Waals surface area contributed by atoms with Crippen LogP contribution >= 0.6 is 11.8 Å². The Morgan fingerprint density at radius 2 is 2.40 bits per heavy atom. The number of carbonyl (C=O) groups is 2. The van der Waals surface area contributed by atoms with E-state index in [1.165, 1.54) is 23.7 Å². The highest BCUT2D eigenvalue weighted by Gasteiger charge is 2.33. The van der Waals surface area contributed by atoms with Crippen molar-refractivity contribution >= 4 is 28.8 Å². The Morgan fingerprint density at radius 3 is 3.00 bits per heavy atom. The number of aliphatic carboxylic acids is 1. The van der Waals surface area contributed by atoms with E-state index in [1.54, 1.807) is 18.5 Å². The third kappa shape index (κ3) is 3.47. The van der Waals surface area contributed by atoms with Gasteiger partial charge in [0.05, 0.1) is 13.0 Å². The monoisotopic (exact) mass is 294 g/mol. The van der Waals surface area contributed by atoms with Crippen molar-refractivity contribution in [1.29, 1.82) is 0 Å². The molecule has 2 N–H and O–H groups in total. The molecule has 1 fully saturated rings. The number of hydrazine groups is 1. The number of carboxylic acid groups (broad SMARTS) is 1. The number of nitrogens with one attached hydrogen (secondary N) is 1. The number of hydrogen-bond acceptors (Lipinski definition) is 5. The van der Waals surface area contributed by atoms with Crippen LogP contribution in [0.2, 0.25) is 0 Å². The van der Waals surface area contributed by atoms with Crippen molar-refractivity contribution < 1.29 is 14.7 Å². The highest BCUT2D eigenvalue weighted by Crippen LogP contribution is 2.36. The van der Waals surface area contributed by atoms with E-state index in [4.69, 9.17) is 5.11 Å². The predicted molar refractivity (Wildman–Crippen MR) is 74.8 cm³/mol. The highest BCUT2D eigenvalue weighted by atomic mass is 32.2. The molecule has 20 heavy (non-hydrogen) atoms. The van der Waals surface area contributed by atoms with Gasteiger partial charge in [-0.3, -0.25) is 25.0 Å². The molecule has 1 amide bonds. The average Bonchev–Trinajstić information content (AvgIpc) is 2.84. The molecule has 1 aliphatic rings. The fourth-order valence-electron chi connectivity index (χ4n) is 1.66. The van der Waals surface area contributed by atoms with E-state index < -0.39 is 5.97 Å². The Kier molecular flexibility index (Phi) is 4.57. The Labute approximate surface area is 120 Å². The van der Waals surface area contributed by atoms with Crippen LogP contribution in [0, 0.1) is 0 Å². The zero-order chi connectivity index (χ0) is 14.5. The molecular formula is C12H14N4O3S. The molecule has 1 atom stereocenters. The van der Waals surface area contributed by atoms with E-state index in [9.17, 15) is 9.59 Å². The van der Waals surface area contributed by atoms with Gasteiger partial charge in [-0.25, -0.2) is 5.01 Å². The van der Waals surface area contributed by atoms with Gasteiger partial charge in [0.15, 0.2) is 5.17 Å². The lowest BCUT2D eigenvalue weighted by atomic mass is 10.3. The molecule has 1 saturated heterocycles. The van der Waals surface area contributed by atoms with E-state index >= 15 is 0 Å². The molecule has 0 radical (unpaired) electrons. The lowest BCUT2D eigenvalue weighted by molar-refractivity contribution is -0.136. The minimum atomic E-state index is -0.899. The fourth-order valence-corrected chi connectivity index (χ4v) is 2.77. The van der Waals surface area contributed by atoms with E-state index in [1.807, 2.05) is 6.07 Å². The lowest BCUT2D eigenvalue weighted by Crippen LogP contribution is -2.38. The zero-order valence-electron chi connectivity index (χ0n) is 10.8. The van der Waals surface area contributed by atoms with Gasteiger partial charge in [0, 0.05) is 24.9 Å². The van der Waals surface area contributed by atoms with Crippen LogP contribution in [0.15, 0.2) is 29.5 Å². The second-order valence-corrected chi connectivity index (χ2v) is 5.16. The van der Waals surface area contributed by atoms with Crippen molar-refractivity contribution in [2.45, 2.75) is 18.7 Å². The summed E-state index contributed by atoms with van der Waals surface area (Å²) in [4.78, 5) is 30.3. The molecule has 0 aromatic carbocycles. The third-order valence-corrected chi connectivity index (χ3v) is 3.71. The first kappa shape index (κ1) is 14.3. The van der Waals surface area contributed by atoms with Crippen molar-refractivity contribution in [3.63, 3.8) is 0 Å². The van der Waals surface area contributed by atoms with Gasteiger partial charge in [-0.1, -0.05) is 17.8 Å². The van der Waals surface area contributed by atoms with Crippen LogP contribution in [0.25, 0.3) is 0 Å². The van der Waals surface area contributed by atoms with Gasteiger partial charge in [0.2, 0.25) is 5.91 Å². The summed E-state index contributed by atoms with van der Waals surface area (Å²) in [7, 11) is 0. The Morgan fingerprint density at radius 1 is 1.60 bits per heavy atom. The molecule has 0 bridgehead atoms. The van der Waals surface area contributed by atoms with E-state index in [2.05, 4.69) is 15.4 Å². The number of carbonyl (C=O) groups excluding carboxylic acids is 1. The summed E-state index contributed by atoms with van der Waals surface area (Å²) in [6.45, 7) is 1.63. The van der Waals surface area contributed by atoms with E-state index in [0.717, 1.165) is 5.56 Å². The molecule has 0 aliphatic carbocycles. The number of nitrogens with zero attached hydrogens (tertiary/aromatic N) is 3. The molecule has 1 aromatic rings. The van der Waals surface area contributed by atoms with Crippen LogP contribution in [0.4, 0.5) is 0 Å². The SMILES string of the molecule is CC(=O)N1NC(=NCCC(=O)O)S[C@@H]1c1cccnc1. The van der Waals surface area contributed by atoms with E-state index in [-0.39, 0.29) is 24.2 Å². The second-order valence-electron chi connectivity index (χ2n) is 4.09. The summed E-state index contributed by atoms with van der Waals surface area (Å²) in [5.41, 5.74) is 3.77. The maximum absolute atomic E-state index is 11.6. The molecule has 8 heteroatoms. The molecule has 0 saturated carbocycles. The Bertz CT molecular complexity index is 535. The number of aliphatic imine (C=N–C) groups is 1. The zero-order valence-corrected chi connectivity index (χ0v) is 11.6. The number of rotatable bonds is 4. The summed E-state index contributed by atoms with van der Waals surface area (Å²) in [5.74, 6) is -1.04. The van der Waals surface area contributed by atoms with Crippen LogP contribution < -0.4 is 5.43 Å². The normalized spacial score (nSPS) is 19.9. The first-order chi connectivity index (χ1) is 9.58. The van der Waals surface area contributed by atoms with Gasteiger partial charge in [0.1, 0.15) is 5.37 Å². The quantitative estimate of drug-likeness (QED) is 0.860. The lowest BCUT2D eigenvalue weighted by Gasteiger charge is -2.20. The van der Waals surface area contributed by atoms with Crippen LogP contribution in [0.5, 0.6) is 0 Å². The molecule has 7 nitrogen and oxygen atoms in total. The highest BCUT2D eigenvalue weighted by molar-refractivity contribution is 8.14. The summed E-state index contributed by atoms with van der Waals surface area (Å²) in [5, 5.41) is 10.3. The maximum Gasteiger partial charge on any atom is 0.305 e. The summed E-state index contributed by atoms with van der Waals surface area (Å²) >= 11 is 1.36. The fraction of sp³-hybridized carbons (Fsp3) is 0.333. The Hall–Kier alpha value is -2.09. The predicted octanol–water partition coefficient (Wildman–Crippen LogP) is 1.01. The maximum atomic E-state index is 11.6. The first-order valence-corrected chi connectivity index (χ1v) is 6.85. The van der Waals surface area contributed by atoms with Gasteiger partial charge in [-0.2, -0.15) is 0 Å². The topological polar surface area (TPSA) is 94.9 Å². The largest absolute Gasteiger partial charge is 0.481 e. The Balaban J connectivity index is 2.12. The van der Waals surface area contributed by atoms with Crippen LogP contribution in [-0.4, -0.2) is 38.7 Å². The van der Waals surface area contributed by atoms with Crippen molar-refractivity contribution in [2.75, 3.05) is 6.54 Å². The van der Waals surface area contributed by atoms with Crippen molar-refractivity contribution in [1.82, 2.24) is 15.4 Å². The standard InChI is InChI=1S/C12H14N4O3S/c1-8(17)16-11(9-3-2-5-13-7-9)20-12(15-16)14-6-4-10(18)19/h2-3,5,7,11H,4,6H2,1H3,(H,14,15)(H,18,19)/t11-/m1/s1. The minimum Gasteiger partial charge on any atom is -0.481 e. The number of thioether (sulfide) groups is 1. The number of pyridine rings is 1. The van der Waals surface area contributed by atoms with Crippen molar-refractivity contribution in [3.8, 4) is 0 Å². The van der Waals surface area contributed by atoms with Crippen molar-refractivity contribution in [3.05, 3.63) is 30.1 Å². The van der Waals surface area contributed by atoms with Gasteiger partial charge in [-0.05, 0) is 6.07 Å². The van der Waals surface area contributed by atoms with Gasteiger partial charge >= 0.3 is 5.97 Å². The summed E-state index contributed by atoms with van der Waals surface area (Å²) in [6.07, 6.45) is 3.31. The summed E-state index contributed by atoms with van der Waals surface area (Å²) < 4.78 is 0. The smallest absolute Gasteiger partial charge is 0.305 e.